The van der Waals surface area contributed by atoms with Crippen molar-refractivity contribution in [2.24, 2.45) is 0 Å². The van der Waals surface area contributed by atoms with Gasteiger partial charge in [0.2, 0.25) is 5.95 Å². The van der Waals surface area contributed by atoms with Crippen molar-refractivity contribution in [2.75, 3.05) is 24.3 Å². The number of nitrogens with one attached hydrogen (secondary N) is 1. The van der Waals surface area contributed by atoms with Gasteiger partial charge in [0.15, 0.2) is 0 Å². The third-order valence-electron chi connectivity index (χ3n) is 4.43. The Morgan fingerprint density at radius 1 is 1.16 bits per heavy atom. The second-order valence-corrected chi connectivity index (χ2v) is 6.24. The van der Waals surface area contributed by atoms with Gasteiger partial charge in [-0.3, -0.25) is 4.57 Å². The van der Waals surface area contributed by atoms with Crippen LogP contribution in [0.5, 0.6) is 0 Å². The number of aliphatic carboxylic acids is 1. The Morgan fingerprint density at radius 3 is 2.56 bits per heavy atom. The second kappa shape index (κ2) is 5.66. The fraction of sp³-hybridized carbons (Fsp3) is 0.158. The summed E-state index contributed by atoms with van der Waals surface area (Å²) in [6, 6.07) is 15.7. The highest BCUT2D eigenvalue weighted by Crippen LogP contribution is 2.34. The van der Waals surface area contributed by atoms with Gasteiger partial charge in [-0.1, -0.05) is 24.3 Å². The maximum atomic E-state index is 11.5. The number of para-hydroxylation sites is 2. The van der Waals surface area contributed by atoms with Gasteiger partial charge >= 0.3 is 5.97 Å². The van der Waals surface area contributed by atoms with Crippen LogP contribution in [0.25, 0.3) is 11.0 Å². The molecule has 2 N–H and O–H groups in total. The molecule has 1 atom stereocenters. The molecule has 0 saturated carbocycles. The molecular formula is C19H18N4O2. The van der Waals surface area contributed by atoms with E-state index < -0.39 is 5.97 Å². The molecule has 6 nitrogen and oxygen atoms in total. The zero-order chi connectivity index (χ0) is 17.6. The number of rotatable bonds is 3. The summed E-state index contributed by atoms with van der Waals surface area (Å²) in [5.41, 5.74) is 4.04. The molecule has 0 saturated heterocycles. The lowest BCUT2D eigenvalue weighted by Crippen LogP contribution is -2.23. The first-order valence-corrected chi connectivity index (χ1v) is 8.01. The quantitative estimate of drug-likeness (QED) is 0.770. The number of benzene rings is 2. The molecule has 0 bridgehead atoms. The second-order valence-electron chi connectivity index (χ2n) is 6.24. The van der Waals surface area contributed by atoms with Crippen molar-refractivity contribution in [3.05, 3.63) is 65.9 Å². The average Bonchev–Trinajstić information content (AvgIpc) is 2.99. The summed E-state index contributed by atoms with van der Waals surface area (Å²) in [6.07, 6.45) is 1.73. The Hall–Kier alpha value is -3.28. The van der Waals surface area contributed by atoms with E-state index >= 15 is 0 Å². The van der Waals surface area contributed by atoms with Crippen LogP contribution < -0.4 is 10.2 Å². The lowest BCUT2D eigenvalue weighted by Gasteiger charge is -2.25. The summed E-state index contributed by atoms with van der Waals surface area (Å²) in [4.78, 5) is 18.1. The van der Waals surface area contributed by atoms with Crippen molar-refractivity contribution in [1.29, 1.82) is 0 Å². The molecule has 25 heavy (non-hydrogen) atoms. The number of nitrogens with zero attached hydrogens (tertiary/aromatic N) is 3. The first-order valence-electron chi connectivity index (χ1n) is 8.01. The van der Waals surface area contributed by atoms with Crippen molar-refractivity contribution < 1.29 is 9.90 Å². The smallest absolute Gasteiger partial charge is 0.352 e. The first kappa shape index (κ1) is 15.3. The maximum Gasteiger partial charge on any atom is 0.352 e. The molecule has 4 rings (SSSR count). The number of carboxylic acids is 1. The summed E-state index contributed by atoms with van der Waals surface area (Å²) >= 11 is 0. The number of aromatic nitrogens is 2. The predicted octanol–water partition coefficient (Wildman–Crippen LogP) is 3.09. The van der Waals surface area contributed by atoms with Gasteiger partial charge in [0.25, 0.3) is 0 Å². The minimum atomic E-state index is -0.992. The summed E-state index contributed by atoms with van der Waals surface area (Å²) in [6.45, 7) is 0. The fourth-order valence-electron chi connectivity index (χ4n) is 3.15. The van der Waals surface area contributed by atoms with Crippen LogP contribution in [-0.4, -0.2) is 34.7 Å². The number of hydrogen-bond donors (Lipinski definition) is 2. The van der Waals surface area contributed by atoms with E-state index in [0.717, 1.165) is 22.3 Å². The number of carbonyl (C=O) groups is 1. The molecule has 3 aromatic rings. The number of anilines is 2. The molecule has 1 aliphatic heterocycles. The Labute approximate surface area is 145 Å². The van der Waals surface area contributed by atoms with Crippen LogP contribution in [0.15, 0.2) is 60.3 Å². The average molecular weight is 334 g/mol. The molecule has 1 aromatic heterocycles. The van der Waals surface area contributed by atoms with E-state index in [1.165, 1.54) is 0 Å². The van der Waals surface area contributed by atoms with Gasteiger partial charge in [-0.15, -0.1) is 0 Å². The summed E-state index contributed by atoms with van der Waals surface area (Å²) in [5.74, 6) is -0.448. The van der Waals surface area contributed by atoms with Gasteiger partial charge in [0, 0.05) is 19.8 Å². The lowest BCUT2D eigenvalue weighted by atomic mass is 10.0. The molecule has 1 unspecified atom stereocenters. The number of fused-ring (bicyclic) bond motifs is 3. The van der Waals surface area contributed by atoms with Gasteiger partial charge in [-0.05, 0) is 35.9 Å². The van der Waals surface area contributed by atoms with Crippen LogP contribution in [0.4, 0.5) is 11.6 Å². The molecule has 1 aliphatic rings. The topological polar surface area (TPSA) is 70.4 Å². The highest BCUT2D eigenvalue weighted by molar-refractivity contribution is 5.92. The molecule has 2 heterocycles. The number of carboxylic acid groups (broad SMARTS) is 1. The third kappa shape index (κ3) is 2.52. The zero-order valence-corrected chi connectivity index (χ0v) is 14.0. The van der Waals surface area contributed by atoms with Crippen molar-refractivity contribution in [1.82, 2.24) is 9.55 Å². The highest BCUT2D eigenvalue weighted by Gasteiger charge is 2.27. The fourth-order valence-corrected chi connectivity index (χ4v) is 3.15. The normalized spacial score (nSPS) is 16.1. The summed E-state index contributed by atoms with van der Waals surface area (Å²) < 4.78 is 2.03. The van der Waals surface area contributed by atoms with Crippen LogP contribution >= 0.6 is 0 Å². The van der Waals surface area contributed by atoms with Crippen molar-refractivity contribution in [3.8, 4) is 0 Å². The van der Waals surface area contributed by atoms with Gasteiger partial charge in [-0.25, -0.2) is 9.78 Å². The van der Waals surface area contributed by atoms with Gasteiger partial charge in [0.1, 0.15) is 5.70 Å². The van der Waals surface area contributed by atoms with Crippen LogP contribution in [0, 0.1) is 0 Å². The van der Waals surface area contributed by atoms with Crippen molar-refractivity contribution in [3.63, 3.8) is 0 Å². The molecule has 6 heteroatoms. The lowest BCUT2D eigenvalue weighted by molar-refractivity contribution is -0.132. The summed E-state index contributed by atoms with van der Waals surface area (Å²) in [5, 5.41) is 12.4. The van der Waals surface area contributed by atoms with E-state index in [0.29, 0.717) is 5.95 Å². The predicted molar refractivity (Wildman–Crippen MR) is 98.0 cm³/mol. The largest absolute Gasteiger partial charge is 0.477 e. The van der Waals surface area contributed by atoms with E-state index in [2.05, 4.69) is 10.3 Å². The standard InChI is InChI=1S/C19H18N4O2/c1-22(2)13-9-7-12(8-10-13)17-11-15(18(24)25)21-19-20-14-5-3-4-6-16(14)23(17)19/h3-11,17H,1-2H3,(H,20,21)(H,24,25). The molecule has 0 spiro atoms. The van der Waals surface area contributed by atoms with E-state index in [1.807, 2.05) is 72.1 Å². The van der Waals surface area contributed by atoms with Gasteiger partial charge < -0.3 is 15.3 Å². The van der Waals surface area contributed by atoms with E-state index in [4.69, 9.17) is 0 Å². The minimum Gasteiger partial charge on any atom is -0.477 e. The molecule has 2 aromatic carbocycles. The van der Waals surface area contributed by atoms with Gasteiger partial charge in [-0.2, -0.15) is 0 Å². The first-order chi connectivity index (χ1) is 12.0. The molecule has 0 fully saturated rings. The monoisotopic (exact) mass is 334 g/mol. The van der Waals surface area contributed by atoms with E-state index in [-0.39, 0.29) is 11.7 Å². The summed E-state index contributed by atoms with van der Waals surface area (Å²) in [7, 11) is 3.98. The minimum absolute atomic E-state index is 0.143. The third-order valence-corrected chi connectivity index (χ3v) is 4.43. The van der Waals surface area contributed by atoms with Crippen LogP contribution in [0.3, 0.4) is 0 Å². The Kier molecular flexibility index (Phi) is 3.46. The van der Waals surface area contributed by atoms with Crippen LogP contribution in [0.1, 0.15) is 11.6 Å². The Balaban J connectivity index is 1.89. The number of hydrogen-bond acceptors (Lipinski definition) is 4. The van der Waals surface area contributed by atoms with Crippen LogP contribution in [-0.2, 0) is 4.79 Å². The van der Waals surface area contributed by atoms with Crippen molar-refractivity contribution in [2.45, 2.75) is 6.04 Å². The number of imidazole rings is 1. The maximum absolute atomic E-state index is 11.5. The number of allylic oxidation sites excluding steroid dienone is 1. The van der Waals surface area contributed by atoms with E-state index in [1.54, 1.807) is 6.08 Å². The Bertz CT molecular complexity index is 986. The van der Waals surface area contributed by atoms with E-state index in [9.17, 15) is 9.90 Å². The molecule has 0 amide bonds. The van der Waals surface area contributed by atoms with Crippen molar-refractivity contribution >= 4 is 28.6 Å². The zero-order valence-electron chi connectivity index (χ0n) is 14.0. The van der Waals surface area contributed by atoms with Crippen LogP contribution in [0.2, 0.25) is 0 Å². The highest BCUT2D eigenvalue weighted by atomic mass is 16.4. The Morgan fingerprint density at radius 2 is 1.88 bits per heavy atom. The molecule has 0 radical (unpaired) electrons. The molecule has 0 aliphatic carbocycles. The molecular weight excluding hydrogens is 316 g/mol. The SMILES string of the molecule is CN(C)c1ccc(C2C=C(C(=O)O)Nc3nc4ccccc4n32)cc1. The van der Waals surface area contributed by atoms with Gasteiger partial charge in [0.05, 0.1) is 17.1 Å². The molecule has 126 valence electrons.